The van der Waals surface area contributed by atoms with Crippen LogP contribution in [0.2, 0.25) is 0 Å². The highest BCUT2D eigenvalue weighted by Crippen LogP contribution is 2.34. The fourth-order valence-corrected chi connectivity index (χ4v) is 3.13. The van der Waals surface area contributed by atoms with Gasteiger partial charge in [0.05, 0.1) is 6.54 Å². The van der Waals surface area contributed by atoms with Gasteiger partial charge in [0.2, 0.25) is 0 Å². The first-order valence-electron chi connectivity index (χ1n) is 8.07. The predicted octanol–water partition coefficient (Wildman–Crippen LogP) is 1.92. The molecule has 1 N–H and O–H groups in total. The monoisotopic (exact) mass is 330 g/mol. The number of urea groups is 1. The summed E-state index contributed by atoms with van der Waals surface area (Å²) in [5, 5.41) is 6.82. The molecule has 1 fully saturated rings. The third kappa shape index (κ3) is 3.34. The molecule has 1 spiro atoms. The van der Waals surface area contributed by atoms with E-state index in [1.54, 1.807) is 23.9 Å². The Bertz CT molecular complexity index is 659. The second kappa shape index (κ2) is 6.51. The lowest BCUT2D eigenvalue weighted by molar-refractivity contribution is -0.110. The molecule has 0 aromatic heterocycles. The van der Waals surface area contributed by atoms with Crippen molar-refractivity contribution in [3.63, 3.8) is 0 Å². The van der Waals surface area contributed by atoms with Crippen LogP contribution < -0.4 is 5.32 Å². The van der Waals surface area contributed by atoms with Gasteiger partial charge >= 0.3 is 6.03 Å². The Labute approximate surface area is 141 Å². The summed E-state index contributed by atoms with van der Waals surface area (Å²) < 4.78 is 0. The number of hydrogen-bond donors (Lipinski definition) is 1. The number of carbonyl (C=O) groups excluding carboxylic acids is 2. The molecule has 24 heavy (non-hydrogen) atoms. The van der Waals surface area contributed by atoms with Crippen LogP contribution in [0, 0.1) is 0 Å². The van der Waals surface area contributed by atoms with Gasteiger partial charge in [-0.3, -0.25) is 4.79 Å². The number of carbonyl (C=O) groups is 2. The van der Waals surface area contributed by atoms with Crippen molar-refractivity contribution in [2.24, 2.45) is 5.16 Å². The zero-order valence-corrected chi connectivity index (χ0v) is 14.0. The van der Waals surface area contributed by atoms with E-state index in [2.05, 4.69) is 10.5 Å². The molecule has 2 heterocycles. The van der Waals surface area contributed by atoms with Gasteiger partial charge in [-0.2, -0.15) is 0 Å². The minimum absolute atomic E-state index is 0.0418. The van der Waals surface area contributed by atoms with Crippen LogP contribution in [0.3, 0.4) is 0 Å². The highest BCUT2D eigenvalue weighted by Gasteiger charge is 2.45. The van der Waals surface area contributed by atoms with E-state index in [1.807, 2.05) is 30.3 Å². The number of likely N-dealkylation sites (tertiary alicyclic amines) is 1. The molecule has 128 valence electrons. The van der Waals surface area contributed by atoms with Crippen molar-refractivity contribution < 1.29 is 14.4 Å². The van der Waals surface area contributed by atoms with Gasteiger partial charge in [-0.15, -0.1) is 0 Å². The lowest BCUT2D eigenvalue weighted by Crippen LogP contribution is -2.53. The molecule has 2 aliphatic rings. The van der Waals surface area contributed by atoms with E-state index in [1.165, 1.54) is 0 Å². The molecule has 1 aromatic carbocycles. The minimum Gasteiger partial charge on any atom is -0.386 e. The maximum absolute atomic E-state index is 12.4. The van der Waals surface area contributed by atoms with Crippen LogP contribution in [0.5, 0.6) is 0 Å². The van der Waals surface area contributed by atoms with Gasteiger partial charge in [-0.05, 0) is 25.0 Å². The molecule has 7 heteroatoms. The number of rotatable bonds is 2. The number of amides is 3. The molecule has 3 amide bonds. The van der Waals surface area contributed by atoms with Crippen molar-refractivity contribution in [1.82, 2.24) is 9.80 Å². The number of nitrogens with one attached hydrogen (secondary N) is 1. The summed E-state index contributed by atoms with van der Waals surface area (Å²) in [5.41, 5.74) is 0.519. The summed E-state index contributed by atoms with van der Waals surface area (Å²) in [6.45, 7) is 1.16. The highest BCUT2D eigenvalue weighted by atomic mass is 16.7. The molecule has 3 rings (SSSR count). The van der Waals surface area contributed by atoms with Crippen LogP contribution in [0.1, 0.15) is 19.3 Å². The molecule has 0 aliphatic carbocycles. The molecular formula is C17H22N4O3. The van der Waals surface area contributed by atoms with Gasteiger partial charge in [0.25, 0.3) is 5.91 Å². The molecule has 7 nitrogen and oxygen atoms in total. The molecule has 0 saturated carbocycles. The van der Waals surface area contributed by atoms with E-state index in [0.29, 0.717) is 25.2 Å². The van der Waals surface area contributed by atoms with Crippen LogP contribution >= 0.6 is 0 Å². The quantitative estimate of drug-likeness (QED) is 0.900. The average Bonchev–Trinajstić information content (AvgIpc) is 2.98. The standard InChI is InChI=1S/C17H22N4O3/c1-20(2)16(23)21-10-6-9-17(12-21)11-14(19-24-17)15(22)18-13-7-4-3-5-8-13/h3-5,7-8H,6,9-12H2,1-2H3,(H,18,22). The maximum atomic E-state index is 12.4. The summed E-state index contributed by atoms with van der Waals surface area (Å²) in [4.78, 5) is 33.5. The summed E-state index contributed by atoms with van der Waals surface area (Å²) in [5.74, 6) is -0.255. The van der Waals surface area contributed by atoms with E-state index < -0.39 is 5.60 Å². The highest BCUT2D eigenvalue weighted by molar-refractivity contribution is 6.43. The normalized spacial score (nSPS) is 22.8. The molecule has 0 radical (unpaired) electrons. The number of piperidine rings is 1. The van der Waals surface area contributed by atoms with Gasteiger partial charge < -0.3 is 20.0 Å². The summed E-state index contributed by atoms with van der Waals surface area (Å²) in [7, 11) is 3.46. The zero-order chi connectivity index (χ0) is 17.2. The largest absolute Gasteiger partial charge is 0.386 e. The first kappa shape index (κ1) is 16.3. The van der Waals surface area contributed by atoms with Gasteiger partial charge in [-0.1, -0.05) is 23.4 Å². The SMILES string of the molecule is CN(C)C(=O)N1CCCC2(CC(C(=O)Nc3ccccc3)=NO2)C1. The molecule has 0 bridgehead atoms. The Morgan fingerprint density at radius 3 is 2.75 bits per heavy atom. The number of oxime groups is 1. The Kier molecular flexibility index (Phi) is 4.42. The van der Waals surface area contributed by atoms with E-state index in [4.69, 9.17) is 4.84 Å². The Hall–Kier alpha value is -2.57. The fourth-order valence-electron chi connectivity index (χ4n) is 3.13. The van der Waals surface area contributed by atoms with E-state index in [-0.39, 0.29) is 11.9 Å². The van der Waals surface area contributed by atoms with Gasteiger partial charge in [0.15, 0.2) is 5.60 Å². The van der Waals surface area contributed by atoms with E-state index in [0.717, 1.165) is 18.5 Å². The fraction of sp³-hybridized carbons (Fsp3) is 0.471. The van der Waals surface area contributed by atoms with Crippen LogP contribution in [0.4, 0.5) is 10.5 Å². The third-order valence-electron chi connectivity index (χ3n) is 4.33. The minimum atomic E-state index is -0.576. The first-order valence-corrected chi connectivity index (χ1v) is 8.07. The summed E-state index contributed by atoms with van der Waals surface area (Å²) in [6, 6.07) is 9.20. The lowest BCUT2D eigenvalue weighted by atomic mass is 9.88. The van der Waals surface area contributed by atoms with E-state index >= 15 is 0 Å². The van der Waals surface area contributed by atoms with Gasteiger partial charge in [-0.25, -0.2) is 4.79 Å². The molecular weight excluding hydrogens is 308 g/mol. The van der Waals surface area contributed by atoms with Crippen LogP contribution in [-0.2, 0) is 9.63 Å². The summed E-state index contributed by atoms with van der Waals surface area (Å²) in [6.07, 6.45) is 2.04. The topological polar surface area (TPSA) is 74.2 Å². The van der Waals surface area contributed by atoms with Gasteiger partial charge in [0, 0.05) is 32.7 Å². The van der Waals surface area contributed by atoms with Crippen LogP contribution in [-0.4, -0.2) is 60.2 Å². The predicted molar refractivity (Wildman–Crippen MR) is 90.8 cm³/mol. The van der Waals surface area contributed by atoms with Crippen LogP contribution in [0.15, 0.2) is 35.5 Å². The first-order chi connectivity index (χ1) is 11.5. The second-order valence-corrected chi connectivity index (χ2v) is 6.51. The Morgan fingerprint density at radius 1 is 1.29 bits per heavy atom. The molecule has 2 aliphatic heterocycles. The van der Waals surface area contributed by atoms with Crippen molar-refractivity contribution in [2.45, 2.75) is 24.9 Å². The molecule has 1 aromatic rings. The Morgan fingerprint density at radius 2 is 2.04 bits per heavy atom. The van der Waals surface area contributed by atoms with Crippen molar-refractivity contribution in [2.75, 3.05) is 32.5 Å². The second-order valence-electron chi connectivity index (χ2n) is 6.51. The summed E-state index contributed by atoms with van der Waals surface area (Å²) >= 11 is 0. The number of anilines is 1. The lowest BCUT2D eigenvalue weighted by Gasteiger charge is -2.39. The molecule has 1 saturated heterocycles. The van der Waals surface area contributed by atoms with Crippen molar-refractivity contribution in [3.05, 3.63) is 30.3 Å². The third-order valence-corrected chi connectivity index (χ3v) is 4.33. The number of para-hydroxylation sites is 1. The number of benzene rings is 1. The zero-order valence-electron chi connectivity index (χ0n) is 14.0. The van der Waals surface area contributed by atoms with Gasteiger partial charge in [0.1, 0.15) is 5.71 Å². The van der Waals surface area contributed by atoms with E-state index in [9.17, 15) is 9.59 Å². The number of nitrogens with zero attached hydrogens (tertiary/aromatic N) is 3. The molecule has 1 atom stereocenters. The van der Waals surface area contributed by atoms with Crippen LogP contribution in [0.25, 0.3) is 0 Å². The van der Waals surface area contributed by atoms with Crippen molar-refractivity contribution >= 4 is 23.3 Å². The number of hydrogen-bond acceptors (Lipinski definition) is 4. The van der Waals surface area contributed by atoms with Crippen molar-refractivity contribution in [3.8, 4) is 0 Å². The van der Waals surface area contributed by atoms with Crippen molar-refractivity contribution in [1.29, 1.82) is 0 Å². The smallest absolute Gasteiger partial charge is 0.319 e. The average molecular weight is 330 g/mol. The maximum Gasteiger partial charge on any atom is 0.319 e. The Balaban J connectivity index is 1.63. The molecule has 1 unspecified atom stereocenters.